The van der Waals surface area contributed by atoms with Gasteiger partial charge in [0.1, 0.15) is 11.6 Å². The van der Waals surface area contributed by atoms with E-state index in [4.69, 9.17) is 0 Å². The zero-order valence-electron chi connectivity index (χ0n) is 22.2. The van der Waals surface area contributed by atoms with Gasteiger partial charge in [-0.15, -0.1) is 27.7 Å². The largest absolute Gasteiger partial charge is 0.374 e. The maximum absolute atomic E-state index is 14.0. The number of unbranched alkanes of at least 4 members (excludes halogenated alkanes) is 1. The molecule has 4 atom stereocenters. The Kier molecular flexibility index (Phi) is 9.14. The standard InChI is InChI=1S/C30H39N4O2P3/c35-27(22-11-14-31-15-12-22)32-17-21-18-34(19-21)16-6-5-13-29(28(36)33-20-30(37,38)39)25-9-3-1-7-23(25)24-8-2-4-10-26(24)29/h1-4,7-12,14-15,21,27,32,35H,5-6,13,16-20,37-39H2,(H,33,36). The van der Waals surface area contributed by atoms with E-state index in [1.807, 2.05) is 12.1 Å². The first-order valence-electron chi connectivity index (χ1n) is 13.7. The molecule has 1 aromatic heterocycles. The molecule has 0 radical (unpaired) electrons. The fourth-order valence-corrected chi connectivity index (χ4v) is 6.30. The number of benzene rings is 2. The molecule has 1 saturated heterocycles. The van der Waals surface area contributed by atoms with Gasteiger partial charge >= 0.3 is 0 Å². The molecule has 4 unspecified atom stereocenters. The van der Waals surface area contributed by atoms with Crippen molar-refractivity contribution in [3.8, 4) is 11.1 Å². The van der Waals surface area contributed by atoms with E-state index in [9.17, 15) is 9.90 Å². The Balaban J connectivity index is 1.19. The van der Waals surface area contributed by atoms with Crippen LogP contribution in [0.4, 0.5) is 0 Å². The van der Waals surface area contributed by atoms with Crippen LogP contribution in [0.25, 0.3) is 11.1 Å². The normalized spacial score (nSPS) is 17.2. The molecule has 1 aliphatic carbocycles. The molecule has 3 N–H and O–H groups in total. The maximum atomic E-state index is 14.0. The van der Waals surface area contributed by atoms with E-state index in [1.165, 1.54) is 11.1 Å². The molecule has 2 aliphatic rings. The third-order valence-corrected chi connectivity index (χ3v) is 8.55. The summed E-state index contributed by atoms with van der Waals surface area (Å²) in [4.78, 5) is 20.5. The van der Waals surface area contributed by atoms with Gasteiger partial charge in [-0.25, -0.2) is 0 Å². The van der Waals surface area contributed by atoms with Crippen molar-refractivity contribution < 1.29 is 9.90 Å². The minimum absolute atomic E-state index is 0.0828. The third kappa shape index (κ3) is 6.43. The first-order valence-corrected chi connectivity index (χ1v) is 15.4. The monoisotopic (exact) mass is 580 g/mol. The molecule has 5 rings (SSSR count). The number of rotatable bonds is 12. The highest BCUT2D eigenvalue weighted by Gasteiger charge is 2.48. The summed E-state index contributed by atoms with van der Waals surface area (Å²) in [6.07, 6.45) is 5.52. The van der Waals surface area contributed by atoms with E-state index in [-0.39, 0.29) is 10.5 Å². The lowest BCUT2D eigenvalue weighted by Crippen LogP contribution is -2.51. The van der Waals surface area contributed by atoms with Gasteiger partial charge in [-0.3, -0.25) is 15.1 Å². The predicted octanol–water partition coefficient (Wildman–Crippen LogP) is 4.13. The third-order valence-electron chi connectivity index (χ3n) is 7.94. The van der Waals surface area contributed by atoms with Gasteiger partial charge in [-0.05, 0) is 65.3 Å². The Labute approximate surface area is 238 Å². The van der Waals surface area contributed by atoms with Crippen LogP contribution in [0.15, 0.2) is 73.1 Å². The van der Waals surface area contributed by atoms with Gasteiger partial charge in [-0.1, -0.05) is 55.0 Å². The quantitative estimate of drug-likeness (QED) is 0.171. The molecule has 2 aromatic carbocycles. The Hall–Kier alpha value is -1.77. The second-order valence-corrected chi connectivity index (χ2v) is 16.2. The fourth-order valence-electron chi connectivity index (χ4n) is 5.99. The van der Waals surface area contributed by atoms with Gasteiger partial charge in [0.25, 0.3) is 0 Å². The van der Waals surface area contributed by atoms with E-state index in [0.717, 1.165) is 62.1 Å². The van der Waals surface area contributed by atoms with E-state index >= 15 is 0 Å². The number of carbonyl (C=O) groups excluding carboxylic acids is 1. The molecule has 6 nitrogen and oxygen atoms in total. The molecule has 0 saturated carbocycles. The average molecular weight is 581 g/mol. The predicted molar refractivity (Wildman–Crippen MR) is 169 cm³/mol. The smallest absolute Gasteiger partial charge is 0.235 e. The molecule has 3 aromatic rings. The van der Waals surface area contributed by atoms with Gasteiger partial charge in [0.2, 0.25) is 5.91 Å². The number of hydrogen-bond acceptors (Lipinski definition) is 5. The second kappa shape index (κ2) is 12.4. The number of aromatic nitrogens is 1. The summed E-state index contributed by atoms with van der Waals surface area (Å²) in [6, 6.07) is 20.5. The molecule has 39 heavy (non-hydrogen) atoms. The van der Waals surface area contributed by atoms with Crippen LogP contribution in [0.2, 0.25) is 0 Å². The summed E-state index contributed by atoms with van der Waals surface area (Å²) in [5.74, 6) is 0.623. The molecule has 206 valence electrons. The van der Waals surface area contributed by atoms with Crippen molar-refractivity contribution in [2.45, 2.75) is 35.5 Å². The number of fused-ring (bicyclic) bond motifs is 3. The van der Waals surface area contributed by atoms with Crippen molar-refractivity contribution in [3.05, 3.63) is 89.7 Å². The number of nitrogens with zero attached hydrogens (tertiary/aromatic N) is 2. The number of nitrogens with one attached hydrogen (secondary N) is 2. The van der Waals surface area contributed by atoms with Crippen molar-refractivity contribution in [2.24, 2.45) is 5.92 Å². The Morgan fingerprint density at radius 1 is 1.00 bits per heavy atom. The number of aliphatic hydroxyl groups excluding tert-OH is 1. The molecule has 1 amide bonds. The number of pyridine rings is 1. The average Bonchev–Trinajstić information content (AvgIpc) is 3.21. The Bertz CT molecular complexity index is 1230. The molecule has 1 fully saturated rings. The van der Waals surface area contributed by atoms with Gasteiger partial charge in [0.05, 0.1) is 0 Å². The van der Waals surface area contributed by atoms with E-state index in [1.54, 1.807) is 12.4 Å². The number of amides is 1. The van der Waals surface area contributed by atoms with Crippen molar-refractivity contribution in [3.63, 3.8) is 0 Å². The van der Waals surface area contributed by atoms with Crippen LogP contribution >= 0.6 is 27.7 Å². The maximum Gasteiger partial charge on any atom is 0.235 e. The minimum Gasteiger partial charge on any atom is -0.374 e. The number of carbonyl (C=O) groups is 1. The SMILES string of the molecule is O=C(NCC(P)(P)P)C1(CCCCN2CC(CNC(O)c3ccncc3)C2)c2ccccc2-c2ccccc21. The van der Waals surface area contributed by atoms with E-state index in [0.29, 0.717) is 12.5 Å². The summed E-state index contributed by atoms with van der Waals surface area (Å²) in [6.45, 7) is 4.42. The highest BCUT2D eigenvalue weighted by Crippen LogP contribution is 2.51. The summed E-state index contributed by atoms with van der Waals surface area (Å²) in [5.41, 5.74) is 4.74. The van der Waals surface area contributed by atoms with Crippen LogP contribution in [-0.2, 0) is 10.2 Å². The Morgan fingerprint density at radius 3 is 2.23 bits per heavy atom. The lowest BCUT2D eigenvalue weighted by Gasteiger charge is -2.40. The van der Waals surface area contributed by atoms with Gasteiger partial charge in [0.15, 0.2) is 0 Å². The second-order valence-electron chi connectivity index (χ2n) is 11.0. The molecule has 0 bridgehead atoms. The van der Waals surface area contributed by atoms with Crippen LogP contribution in [-0.4, -0.2) is 58.3 Å². The zero-order valence-corrected chi connectivity index (χ0v) is 25.7. The van der Waals surface area contributed by atoms with Crippen LogP contribution in [0.1, 0.15) is 42.2 Å². The van der Waals surface area contributed by atoms with Crippen molar-refractivity contribution in [2.75, 3.05) is 32.7 Å². The number of aliphatic hydroxyl groups is 1. The summed E-state index contributed by atoms with van der Waals surface area (Å²) in [5, 5.41) is 16.8. The number of hydrogen-bond donors (Lipinski definition) is 3. The fraction of sp³-hybridized carbons (Fsp3) is 0.400. The first-order chi connectivity index (χ1) is 18.8. The van der Waals surface area contributed by atoms with Crippen molar-refractivity contribution in [1.29, 1.82) is 0 Å². The minimum atomic E-state index is -0.678. The van der Waals surface area contributed by atoms with E-state index < -0.39 is 11.6 Å². The lowest BCUT2D eigenvalue weighted by atomic mass is 9.73. The van der Waals surface area contributed by atoms with Gasteiger partial charge in [-0.2, -0.15) is 0 Å². The highest BCUT2D eigenvalue weighted by molar-refractivity contribution is 7.57. The van der Waals surface area contributed by atoms with Crippen LogP contribution in [0.3, 0.4) is 0 Å². The first kappa shape index (κ1) is 28.7. The molecule has 0 spiro atoms. The molecule has 9 heteroatoms. The number of likely N-dealkylation sites (tertiary alicyclic amines) is 1. The molecule has 2 heterocycles. The summed E-state index contributed by atoms with van der Waals surface area (Å²) < 4.78 is -0.230. The summed E-state index contributed by atoms with van der Waals surface area (Å²) in [7, 11) is 8.29. The summed E-state index contributed by atoms with van der Waals surface area (Å²) >= 11 is 0. The van der Waals surface area contributed by atoms with Crippen LogP contribution < -0.4 is 10.6 Å². The van der Waals surface area contributed by atoms with Crippen LogP contribution in [0.5, 0.6) is 0 Å². The van der Waals surface area contributed by atoms with Gasteiger partial charge < -0.3 is 15.3 Å². The van der Waals surface area contributed by atoms with Crippen molar-refractivity contribution in [1.82, 2.24) is 20.5 Å². The molecular weight excluding hydrogens is 541 g/mol. The topological polar surface area (TPSA) is 77.5 Å². The highest BCUT2D eigenvalue weighted by atomic mass is 31.1. The lowest BCUT2D eigenvalue weighted by molar-refractivity contribution is -0.125. The molecular formula is C30H39N4O2P3. The zero-order chi connectivity index (χ0) is 27.5. The van der Waals surface area contributed by atoms with Crippen molar-refractivity contribution >= 4 is 33.6 Å². The molecule has 1 aliphatic heterocycles. The van der Waals surface area contributed by atoms with Gasteiger partial charge in [0, 0.05) is 43.2 Å². The van der Waals surface area contributed by atoms with Crippen LogP contribution in [0, 0.1) is 5.92 Å². The Morgan fingerprint density at radius 2 is 1.62 bits per heavy atom. The van der Waals surface area contributed by atoms with E-state index in [2.05, 4.69) is 96.8 Å².